The summed E-state index contributed by atoms with van der Waals surface area (Å²) in [4.78, 5) is 34.2. The van der Waals surface area contributed by atoms with Gasteiger partial charge in [-0.1, -0.05) is 6.07 Å². The summed E-state index contributed by atoms with van der Waals surface area (Å²) in [6.07, 6.45) is 2.27. The van der Waals surface area contributed by atoms with Crippen LogP contribution in [0.1, 0.15) is 39.1 Å². The first kappa shape index (κ1) is 12.3. The highest BCUT2D eigenvalue weighted by Gasteiger charge is 2.32. The molecule has 1 aromatic rings. The zero-order valence-corrected chi connectivity index (χ0v) is 10.3. The van der Waals surface area contributed by atoms with E-state index in [9.17, 15) is 14.4 Å². The second-order valence-corrected chi connectivity index (χ2v) is 4.76. The summed E-state index contributed by atoms with van der Waals surface area (Å²) in [5.74, 6) is -2.41. The molecule has 0 spiro atoms. The second kappa shape index (κ2) is 4.16. The highest BCUT2D eigenvalue weighted by Crippen LogP contribution is 2.40. The van der Waals surface area contributed by atoms with Gasteiger partial charge < -0.3 is 10.2 Å². The Hall–Kier alpha value is -2.69. The molecule has 2 N–H and O–H groups in total. The van der Waals surface area contributed by atoms with E-state index in [4.69, 9.17) is 10.2 Å². The topological polar surface area (TPSA) is 91.7 Å². The third-order valence-electron chi connectivity index (χ3n) is 3.64. The summed E-state index contributed by atoms with van der Waals surface area (Å²) >= 11 is 0. The molecule has 0 amide bonds. The molecule has 1 aromatic carbocycles. The molecule has 0 saturated heterocycles. The van der Waals surface area contributed by atoms with Crippen LogP contribution in [0.25, 0.3) is 5.57 Å². The van der Waals surface area contributed by atoms with Gasteiger partial charge in [-0.2, -0.15) is 0 Å². The Morgan fingerprint density at radius 3 is 2.40 bits per heavy atom. The van der Waals surface area contributed by atoms with Crippen molar-refractivity contribution >= 4 is 23.3 Å². The van der Waals surface area contributed by atoms with Gasteiger partial charge in [0.25, 0.3) is 0 Å². The first-order valence-electron chi connectivity index (χ1n) is 6.08. The molecule has 0 aromatic heterocycles. The average molecular weight is 270 g/mol. The summed E-state index contributed by atoms with van der Waals surface area (Å²) in [6.45, 7) is 0. The largest absolute Gasteiger partial charge is 0.478 e. The minimum absolute atomic E-state index is 0.0550. The molecule has 20 heavy (non-hydrogen) atoms. The van der Waals surface area contributed by atoms with Crippen LogP contribution in [0.5, 0.6) is 0 Å². The number of fused-ring (bicyclic) bond motifs is 2. The van der Waals surface area contributed by atoms with Crippen molar-refractivity contribution < 1.29 is 24.6 Å². The van der Waals surface area contributed by atoms with Gasteiger partial charge in [-0.25, -0.2) is 9.59 Å². The summed E-state index contributed by atoms with van der Waals surface area (Å²) in [6, 6.07) is 4.44. The van der Waals surface area contributed by atoms with Crippen molar-refractivity contribution in [1.82, 2.24) is 0 Å². The maximum Gasteiger partial charge on any atom is 0.335 e. The Bertz CT molecular complexity index is 737. The Balaban J connectivity index is 2.12. The number of carboxylic acids is 2. The number of allylic oxidation sites excluding steroid dienone is 3. The van der Waals surface area contributed by atoms with E-state index in [1.807, 2.05) is 0 Å². The molecule has 0 atom stereocenters. The number of carbonyl (C=O) groups is 3. The van der Waals surface area contributed by atoms with Crippen molar-refractivity contribution in [2.24, 2.45) is 0 Å². The van der Waals surface area contributed by atoms with Crippen molar-refractivity contribution in [3.63, 3.8) is 0 Å². The smallest absolute Gasteiger partial charge is 0.335 e. The van der Waals surface area contributed by atoms with Crippen LogP contribution in [0, 0.1) is 0 Å². The molecule has 2 aliphatic rings. The number of aromatic carboxylic acids is 1. The Labute approximate surface area is 113 Å². The fourth-order valence-electron chi connectivity index (χ4n) is 2.65. The molecular weight excluding hydrogens is 260 g/mol. The highest BCUT2D eigenvalue weighted by molar-refractivity contribution is 6.23. The monoisotopic (exact) mass is 270 g/mol. The van der Waals surface area contributed by atoms with E-state index in [-0.39, 0.29) is 16.9 Å². The van der Waals surface area contributed by atoms with Gasteiger partial charge in [-0.05, 0) is 42.2 Å². The number of benzene rings is 1. The molecule has 0 radical (unpaired) electrons. The lowest BCUT2D eigenvalue weighted by Gasteiger charge is -2.12. The van der Waals surface area contributed by atoms with Crippen LogP contribution >= 0.6 is 0 Å². The molecular formula is C15H10O5. The molecule has 100 valence electrons. The molecule has 0 saturated carbocycles. The fraction of sp³-hybridized carbons (Fsp3) is 0.133. The van der Waals surface area contributed by atoms with Crippen molar-refractivity contribution in [2.45, 2.75) is 12.8 Å². The van der Waals surface area contributed by atoms with E-state index in [2.05, 4.69) is 0 Å². The van der Waals surface area contributed by atoms with E-state index in [1.54, 1.807) is 6.07 Å². The van der Waals surface area contributed by atoms with Crippen LogP contribution in [0.2, 0.25) is 0 Å². The predicted octanol–water partition coefficient (Wildman–Crippen LogP) is 2.14. The Morgan fingerprint density at radius 1 is 1.00 bits per heavy atom. The van der Waals surface area contributed by atoms with E-state index in [0.717, 1.165) is 11.1 Å². The fourth-order valence-corrected chi connectivity index (χ4v) is 2.65. The summed E-state index contributed by atoms with van der Waals surface area (Å²) in [5, 5.41) is 18.0. The molecule has 0 heterocycles. The number of hydrogen-bond acceptors (Lipinski definition) is 3. The maximum absolute atomic E-state index is 12.3. The first-order valence-corrected chi connectivity index (χ1v) is 6.08. The van der Waals surface area contributed by atoms with Crippen molar-refractivity contribution in [3.8, 4) is 0 Å². The minimum Gasteiger partial charge on any atom is -0.478 e. The van der Waals surface area contributed by atoms with Crippen molar-refractivity contribution in [2.75, 3.05) is 0 Å². The van der Waals surface area contributed by atoms with Gasteiger partial charge in [-0.15, -0.1) is 0 Å². The van der Waals surface area contributed by atoms with E-state index < -0.39 is 11.9 Å². The van der Waals surface area contributed by atoms with Gasteiger partial charge in [0.15, 0.2) is 5.78 Å². The van der Waals surface area contributed by atoms with Crippen LogP contribution in [-0.4, -0.2) is 27.9 Å². The predicted molar refractivity (Wildman–Crippen MR) is 69.6 cm³/mol. The quantitative estimate of drug-likeness (QED) is 0.859. The molecule has 0 fully saturated rings. The zero-order valence-electron chi connectivity index (χ0n) is 10.3. The number of carboxylic acid groups (broad SMARTS) is 2. The number of hydrogen-bond donors (Lipinski definition) is 2. The van der Waals surface area contributed by atoms with Gasteiger partial charge in [0.2, 0.25) is 0 Å². The van der Waals surface area contributed by atoms with Crippen molar-refractivity contribution in [3.05, 3.63) is 52.1 Å². The van der Waals surface area contributed by atoms with Gasteiger partial charge in [0.1, 0.15) is 0 Å². The molecule has 2 aliphatic carbocycles. The standard InChI is InChI=1S/C15H10O5/c16-13-11-5-7(14(17)18)1-3-9(11)10-4-2-8(15(19)20)6-12(10)13/h1,3,5-6H,2,4H2,(H,17,18)(H,19,20). The lowest BCUT2D eigenvalue weighted by Crippen LogP contribution is -2.07. The molecule has 0 unspecified atom stereocenters. The summed E-state index contributed by atoms with van der Waals surface area (Å²) in [5.41, 5.74) is 2.52. The Morgan fingerprint density at radius 2 is 1.75 bits per heavy atom. The molecule has 0 bridgehead atoms. The van der Waals surface area contributed by atoms with Crippen molar-refractivity contribution in [1.29, 1.82) is 0 Å². The number of aliphatic carboxylic acids is 1. The third-order valence-corrected chi connectivity index (χ3v) is 3.64. The van der Waals surface area contributed by atoms with E-state index >= 15 is 0 Å². The molecule has 0 aliphatic heterocycles. The van der Waals surface area contributed by atoms with Gasteiger partial charge in [0, 0.05) is 16.7 Å². The number of carbonyl (C=O) groups excluding carboxylic acids is 1. The minimum atomic E-state index is -1.09. The van der Waals surface area contributed by atoms with Crippen LogP contribution in [0.4, 0.5) is 0 Å². The van der Waals surface area contributed by atoms with E-state index in [0.29, 0.717) is 24.0 Å². The normalized spacial score (nSPS) is 16.6. The number of Topliss-reactive ketones (excluding diaryl/α,β-unsaturated/α-hetero) is 1. The molecule has 5 nitrogen and oxygen atoms in total. The zero-order chi connectivity index (χ0) is 14.4. The highest BCUT2D eigenvalue weighted by atomic mass is 16.4. The Kier molecular flexibility index (Phi) is 2.57. The molecule has 3 rings (SSSR count). The third kappa shape index (κ3) is 1.67. The molecule has 5 heteroatoms. The number of ketones is 1. The first-order chi connectivity index (χ1) is 9.49. The lowest BCUT2D eigenvalue weighted by molar-refractivity contribution is -0.132. The van der Waals surface area contributed by atoms with Crippen LogP contribution in [0.15, 0.2) is 35.4 Å². The number of rotatable bonds is 2. The van der Waals surface area contributed by atoms with Gasteiger partial charge in [-0.3, -0.25) is 4.79 Å². The lowest BCUT2D eigenvalue weighted by atomic mass is 9.92. The van der Waals surface area contributed by atoms with Crippen LogP contribution in [-0.2, 0) is 4.79 Å². The van der Waals surface area contributed by atoms with Crippen LogP contribution in [0.3, 0.4) is 0 Å². The van der Waals surface area contributed by atoms with Crippen LogP contribution < -0.4 is 0 Å². The van der Waals surface area contributed by atoms with E-state index in [1.165, 1.54) is 18.2 Å². The maximum atomic E-state index is 12.3. The second-order valence-electron chi connectivity index (χ2n) is 4.76. The average Bonchev–Trinajstić information content (AvgIpc) is 2.71. The summed E-state index contributed by atoms with van der Waals surface area (Å²) in [7, 11) is 0. The van der Waals surface area contributed by atoms with Gasteiger partial charge in [0.05, 0.1) is 5.56 Å². The SMILES string of the molecule is O=C(O)C1=CC2=C(CC1)c1ccc(C(=O)O)cc1C2=O. The van der Waals surface area contributed by atoms with Gasteiger partial charge >= 0.3 is 11.9 Å². The summed E-state index contributed by atoms with van der Waals surface area (Å²) < 4.78 is 0.